The van der Waals surface area contributed by atoms with E-state index in [1.54, 1.807) is 12.4 Å². The molecule has 1 aromatic carbocycles. The maximum Gasteiger partial charge on any atom is 0.321 e. The number of nitrogens with one attached hydrogen (secondary N) is 2. The summed E-state index contributed by atoms with van der Waals surface area (Å²) in [5.41, 5.74) is 4.87. The second-order valence-corrected chi connectivity index (χ2v) is 9.48. The first kappa shape index (κ1) is 20.5. The fourth-order valence-corrected chi connectivity index (χ4v) is 5.02. The molecule has 5 nitrogen and oxygen atoms in total. The van der Waals surface area contributed by atoms with E-state index in [-0.39, 0.29) is 11.4 Å². The maximum atomic E-state index is 12.4. The summed E-state index contributed by atoms with van der Waals surface area (Å²) < 4.78 is 0. The van der Waals surface area contributed by atoms with E-state index >= 15 is 0 Å². The summed E-state index contributed by atoms with van der Waals surface area (Å²) in [5.74, 6) is 0.860. The Kier molecular flexibility index (Phi) is 5.86. The normalized spacial score (nSPS) is 16.7. The van der Waals surface area contributed by atoms with E-state index in [4.69, 9.17) is 0 Å². The van der Waals surface area contributed by atoms with E-state index in [9.17, 15) is 4.79 Å². The Morgan fingerprint density at radius 1 is 1.23 bits per heavy atom. The Bertz CT molecular complexity index is 1010. The van der Waals surface area contributed by atoms with Gasteiger partial charge in [-0.2, -0.15) is 0 Å². The van der Waals surface area contributed by atoms with E-state index in [0.717, 1.165) is 17.7 Å². The fourth-order valence-electron chi connectivity index (χ4n) is 4.31. The average molecular weight is 421 g/mol. The first-order chi connectivity index (χ1) is 14.4. The minimum atomic E-state index is -0.208. The van der Waals surface area contributed by atoms with Gasteiger partial charge in [-0.05, 0) is 53.4 Å². The van der Waals surface area contributed by atoms with Gasteiger partial charge in [-0.15, -0.1) is 11.3 Å². The molecule has 4 rings (SSSR count). The van der Waals surface area contributed by atoms with Crippen LogP contribution in [0.15, 0.2) is 54.2 Å². The van der Waals surface area contributed by atoms with Crippen molar-refractivity contribution in [2.45, 2.75) is 39.5 Å². The molecule has 0 spiro atoms. The zero-order chi connectivity index (χ0) is 21.1. The number of nitrogens with zero attached hydrogens (tertiary/aromatic N) is 2. The van der Waals surface area contributed by atoms with Crippen LogP contribution in [0.5, 0.6) is 0 Å². The van der Waals surface area contributed by atoms with Crippen LogP contribution in [0.4, 0.5) is 9.93 Å². The molecule has 1 aliphatic carbocycles. The first-order valence-corrected chi connectivity index (χ1v) is 11.3. The molecule has 2 unspecified atom stereocenters. The summed E-state index contributed by atoms with van der Waals surface area (Å²) in [4.78, 5) is 21.0. The Morgan fingerprint density at radius 2 is 2.00 bits per heavy atom. The summed E-state index contributed by atoms with van der Waals surface area (Å²) >= 11 is 1.42. The third-order valence-corrected chi connectivity index (χ3v) is 7.33. The number of thiazole rings is 1. The Labute approximate surface area is 182 Å². The smallest absolute Gasteiger partial charge is 0.321 e. The topological polar surface area (TPSA) is 66.9 Å². The van der Waals surface area contributed by atoms with Crippen LogP contribution >= 0.6 is 11.3 Å². The average Bonchev–Trinajstić information content (AvgIpc) is 3.40. The van der Waals surface area contributed by atoms with E-state index in [2.05, 4.69) is 65.6 Å². The van der Waals surface area contributed by atoms with Crippen molar-refractivity contribution in [2.24, 2.45) is 11.3 Å². The predicted octanol–water partition coefficient (Wildman–Crippen LogP) is 5.72. The molecular weight excluding hydrogens is 392 g/mol. The van der Waals surface area contributed by atoms with Crippen LogP contribution < -0.4 is 10.6 Å². The van der Waals surface area contributed by atoms with Gasteiger partial charge >= 0.3 is 6.03 Å². The molecule has 0 saturated carbocycles. The summed E-state index contributed by atoms with van der Waals surface area (Å²) in [6, 6.07) is 12.4. The van der Waals surface area contributed by atoms with E-state index < -0.39 is 0 Å². The summed E-state index contributed by atoms with van der Waals surface area (Å²) in [6.45, 7) is 7.50. The molecule has 0 fully saturated rings. The molecule has 2 heterocycles. The summed E-state index contributed by atoms with van der Waals surface area (Å²) in [5, 5.41) is 8.44. The number of hydrogen-bond donors (Lipinski definition) is 2. The molecule has 0 bridgehead atoms. The molecule has 2 aromatic heterocycles. The Morgan fingerprint density at radius 3 is 2.80 bits per heavy atom. The van der Waals surface area contributed by atoms with Gasteiger partial charge in [0.1, 0.15) is 0 Å². The quantitative estimate of drug-likeness (QED) is 0.536. The van der Waals surface area contributed by atoms with Crippen molar-refractivity contribution < 1.29 is 4.79 Å². The highest BCUT2D eigenvalue weighted by Gasteiger charge is 2.39. The van der Waals surface area contributed by atoms with Gasteiger partial charge in [0.25, 0.3) is 0 Å². The van der Waals surface area contributed by atoms with Gasteiger partial charge in [0.2, 0.25) is 0 Å². The molecule has 0 radical (unpaired) electrons. The van der Waals surface area contributed by atoms with Crippen molar-refractivity contribution in [1.29, 1.82) is 0 Å². The molecule has 0 saturated heterocycles. The number of fused-ring (bicyclic) bond motifs is 1. The molecule has 2 amide bonds. The molecule has 3 aromatic rings. The van der Waals surface area contributed by atoms with Gasteiger partial charge in [-0.3, -0.25) is 10.3 Å². The Balaban J connectivity index is 1.33. The molecular formula is C24H28N4OS. The third kappa shape index (κ3) is 4.24. The van der Waals surface area contributed by atoms with Crippen LogP contribution in [0.25, 0.3) is 11.3 Å². The lowest BCUT2D eigenvalue weighted by molar-refractivity contribution is 0.174. The molecule has 156 valence electrons. The zero-order valence-electron chi connectivity index (χ0n) is 17.7. The fraction of sp³-hybridized carbons (Fsp3) is 0.375. The van der Waals surface area contributed by atoms with Crippen LogP contribution in [0.1, 0.15) is 44.2 Å². The van der Waals surface area contributed by atoms with Crippen LogP contribution in [-0.2, 0) is 6.42 Å². The van der Waals surface area contributed by atoms with E-state index in [1.165, 1.54) is 28.9 Å². The molecule has 0 aliphatic heterocycles. The molecule has 6 heteroatoms. The highest BCUT2D eigenvalue weighted by atomic mass is 32.1. The number of hydrogen-bond acceptors (Lipinski definition) is 4. The second-order valence-electron chi connectivity index (χ2n) is 8.62. The second kappa shape index (κ2) is 8.56. The van der Waals surface area contributed by atoms with Crippen molar-refractivity contribution in [1.82, 2.24) is 15.3 Å². The number of anilines is 1. The summed E-state index contributed by atoms with van der Waals surface area (Å²) in [6.07, 6.45) is 5.80. The van der Waals surface area contributed by atoms with Crippen LogP contribution in [-0.4, -0.2) is 22.5 Å². The van der Waals surface area contributed by atoms with Crippen LogP contribution in [0.3, 0.4) is 0 Å². The van der Waals surface area contributed by atoms with E-state index in [0.29, 0.717) is 23.5 Å². The third-order valence-electron chi connectivity index (χ3n) is 6.57. The minimum absolute atomic E-state index is 0.0928. The van der Waals surface area contributed by atoms with Crippen molar-refractivity contribution in [3.8, 4) is 11.3 Å². The number of aryl methyl sites for hydroxylation is 1. The number of benzene rings is 1. The van der Waals surface area contributed by atoms with Gasteiger partial charge in [0.15, 0.2) is 5.13 Å². The number of carbonyl (C=O) groups excluding carboxylic acids is 1. The molecule has 2 N–H and O–H groups in total. The van der Waals surface area contributed by atoms with Gasteiger partial charge in [-0.1, -0.05) is 45.0 Å². The van der Waals surface area contributed by atoms with Crippen molar-refractivity contribution in [3.63, 3.8) is 0 Å². The highest BCUT2D eigenvalue weighted by Crippen LogP contribution is 2.48. The predicted molar refractivity (Wildman–Crippen MR) is 123 cm³/mol. The zero-order valence-corrected chi connectivity index (χ0v) is 18.5. The summed E-state index contributed by atoms with van der Waals surface area (Å²) in [7, 11) is 0. The van der Waals surface area contributed by atoms with Gasteiger partial charge in [0, 0.05) is 29.9 Å². The number of urea groups is 1. The lowest BCUT2D eigenvalue weighted by atomic mass is 9.68. The van der Waals surface area contributed by atoms with Crippen LogP contribution in [0.2, 0.25) is 0 Å². The number of rotatable bonds is 6. The maximum absolute atomic E-state index is 12.4. The van der Waals surface area contributed by atoms with Crippen LogP contribution in [0, 0.1) is 11.3 Å². The van der Waals surface area contributed by atoms with Crippen molar-refractivity contribution >= 4 is 22.5 Å². The van der Waals surface area contributed by atoms with Crippen molar-refractivity contribution in [3.05, 3.63) is 65.3 Å². The SMILES string of the molecule is CC(CNC(=O)Nc1nc(-c2ccncc2)cs1)C(C)(C)C1CCc2ccccc21. The lowest BCUT2D eigenvalue weighted by Crippen LogP contribution is -2.39. The van der Waals surface area contributed by atoms with Crippen molar-refractivity contribution in [2.75, 3.05) is 11.9 Å². The van der Waals surface area contributed by atoms with Gasteiger partial charge < -0.3 is 5.32 Å². The molecule has 30 heavy (non-hydrogen) atoms. The highest BCUT2D eigenvalue weighted by molar-refractivity contribution is 7.14. The first-order valence-electron chi connectivity index (χ1n) is 10.4. The largest absolute Gasteiger partial charge is 0.338 e. The molecule has 1 aliphatic rings. The standard InChI is InChI=1S/C24H28N4OS/c1-16(24(2,3)20-9-8-17-6-4-5-7-19(17)20)14-26-22(29)28-23-27-21(15-30-23)18-10-12-25-13-11-18/h4-7,10-13,15-16,20H,8-9,14H2,1-3H3,(H2,26,27,28,29). The van der Waals surface area contributed by atoms with E-state index in [1.807, 2.05) is 17.5 Å². The lowest BCUT2D eigenvalue weighted by Gasteiger charge is -2.38. The number of amides is 2. The van der Waals surface area contributed by atoms with Gasteiger partial charge in [0.05, 0.1) is 5.69 Å². The number of aromatic nitrogens is 2. The number of carbonyl (C=O) groups is 1. The molecule has 2 atom stereocenters. The minimum Gasteiger partial charge on any atom is -0.338 e. The monoisotopic (exact) mass is 420 g/mol. The number of pyridine rings is 1. The van der Waals surface area contributed by atoms with Gasteiger partial charge in [-0.25, -0.2) is 9.78 Å². The Hall–Kier alpha value is -2.73.